The Labute approximate surface area is 114 Å². The third-order valence-corrected chi connectivity index (χ3v) is 3.41. The first-order valence-corrected chi connectivity index (χ1v) is 6.99. The molecule has 2 atom stereocenters. The fourth-order valence-corrected chi connectivity index (χ4v) is 2.40. The zero-order valence-electron chi connectivity index (χ0n) is 11.7. The van der Waals surface area contributed by atoms with Crippen LogP contribution in [-0.2, 0) is 4.74 Å². The standard InChI is InChI=1S/C15H23NO3/c1-3-18-14-6-5-11(9-15(14)19-4-2)12-10-17-8-7-13(12)16/h5-6,9,12-13H,3-4,7-8,10,16H2,1-2H3. The summed E-state index contributed by atoms with van der Waals surface area (Å²) < 4.78 is 16.8. The summed E-state index contributed by atoms with van der Waals surface area (Å²) >= 11 is 0. The summed E-state index contributed by atoms with van der Waals surface area (Å²) in [5.74, 6) is 1.82. The van der Waals surface area contributed by atoms with Gasteiger partial charge in [0.2, 0.25) is 0 Å². The number of hydrogen-bond donors (Lipinski definition) is 1. The van der Waals surface area contributed by atoms with Gasteiger partial charge in [-0.05, 0) is 38.0 Å². The highest BCUT2D eigenvalue weighted by molar-refractivity contribution is 5.44. The molecule has 0 aromatic heterocycles. The van der Waals surface area contributed by atoms with Crippen molar-refractivity contribution in [3.05, 3.63) is 23.8 Å². The highest BCUT2D eigenvalue weighted by Crippen LogP contribution is 2.33. The van der Waals surface area contributed by atoms with E-state index in [1.54, 1.807) is 0 Å². The van der Waals surface area contributed by atoms with Gasteiger partial charge >= 0.3 is 0 Å². The van der Waals surface area contributed by atoms with E-state index < -0.39 is 0 Å². The van der Waals surface area contributed by atoms with Gasteiger partial charge in [0.25, 0.3) is 0 Å². The normalized spacial score (nSPS) is 23.1. The van der Waals surface area contributed by atoms with E-state index in [4.69, 9.17) is 19.9 Å². The summed E-state index contributed by atoms with van der Waals surface area (Å²) in [6.07, 6.45) is 0.905. The molecular formula is C15H23NO3. The third kappa shape index (κ3) is 3.39. The molecule has 0 saturated carbocycles. The second kappa shape index (κ2) is 6.78. The van der Waals surface area contributed by atoms with E-state index in [9.17, 15) is 0 Å². The van der Waals surface area contributed by atoms with E-state index in [1.165, 1.54) is 5.56 Å². The molecule has 19 heavy (non-hydrogen) atoms. The first-order chi connectivity index (χ1) is 9.26. The van der Waals surface area contributed by atoms with Crippen molar-refractivity contribution in [2.45, 2.75) is 32.2 Å². The highest BCUT2D eigenvalue weighted by atomic mass is 16.5. The average Bonchev–Trinajstić information content (AvgIpc) is 2.42. The number of ether oxygens (including phenoxy) is 3. The van der Waals surface area contributed by atoms with Crippen LogP contribution in [0.15, 0.2) is 18.2 Å². The van der Waals surface area contributed by atoms with E-state index in [-0.39, 0.29) is 12.0 Å². The van der Waals surface area contributed by atoms with Crippen LogP contribution in [0.2, 0.25) is 0 Å². The Kier molecular flexibility index (Phi) is 5.05. The maximum atomic E-state index is 6.18. The fourth-order valence-electron chi connectivity index (χ4n) is 2.40. The van der Waals surface area contributed by atoms with Gasteiger partial charge in [-0.1, -0.05) is 6.07 Å². The molecule has 1 aliphatic heterocycles. The van der Waals surface area contributed by atoms with Gasteiger partial charge in [0, 0.05) is 18.6 Å². The van der Waals surface area contributed by atoms with Gasteiger partial charge in [-0.2, -0.15) is 0 Å². The van der Waals surface area contributed by atoms with Crippen LogP contribution < -0.4 is 15.2 Å². The minimum atomic E-state index is 0.154. The first-order valence-electron chi connectivity index (χ1n) is 6.99. The maximum Gasteiger partial charge on any atom is 0.161 e. The van der Waals surface area contributed by atoms with Crippen molar-refractivity contribution >= 4 is 0 Å². The molecule has 1 aliphatic rings. The Morgan fingerprint density at radius 1 is 1.21 bits per heavy atom. The molecule has 1 saturated heterocycles. The lowest BCUT2D eigenvalue weighted by Gasteiger charge is -2.29. The number of rotatable bonds is 5. The molecule has 1 aromatic rings. The van der Waals surface area contributed by atoms with Gasteiger partial charge in [-0.25, -0.2) is 0 Å². The largest absolute Gasteiger partial charge is 0.490 e. The molecule has 1 fully saturated rings. The maximum absolute atomic E-state index is 6.18. The van der Waals surface area contributed by atoms with Crippen molar-refractivity contribution in [3.8, 4) is 11.5 Å². The summed E-state index contributed by atoms with van der Waals surface area (Å²) in [6, 6.07) is 6.21. The Hall–Kier alpha value is -1.26. The molecular weight excluding hydrogens is 242 g/mol. The molecule has 2 rings (SSSR count). The molecule has 4 heteroatoms. The second-order valence-corrected chi connectivity index (χ2v) is 4.71. The Balaban J connectivity index is 2.23. The molecule has 0 bridgehead atoms. The van der Waals surface area contributed by atoms with Crippen LogP contribution in [0.4, 0.5) is 0 Å². The highest BCUT2D eigenvalue weighted by Gasteiger charge is 2.25. The van der Waals surface area contributed by atoms with Crippen LogP contribution in [0.3, 0.4) is 0 Å². The van der Waals surface area contributed by atoms with Crippen molar-refractivity contribution in [2.75, 3.05) is 26.4 Å². The predicted octanol–water partition coefficient (Wildman–Crippen LogP) is 2.32. The Morgan fingerprint density at radius 3 is 2.63 bits per heavy atom. The molecule has 2 unspecified atom stereocenters. The summed E-state index contributed by atoms with van der Waals surface area (Å²) in [4.78, 5) is 0. The van der Waals surface area contributed by atoms with Gasteiger partial charge in [-0.3, -0.25) is 0 Å². The van der Waals surface area contributed by atoms with E-state index in [1.807, 2.05) is 26.0 Å². The fraction of sp³-hybridized carbons (Fsp3) is 0.600. The van der Waals surface area contributed by atoms with E-state index >= 15 is 0 Å². The van der Waals surface area contributed by atoms with Crippen LogP contribution in [0, 0.1) is 0 Å². The van der Waals surface area contributed by atoms with E-state index in [2.05, 4.69) is 6.07 Å². The van der Waals surface area contributed by atoms with Gasteiger partial charge in [0.1, 0.15) is 0 Å². The van der Waals surface area contributed by atoms with Crippen LogP contribution >= 0.6 is 0 Å². The minimum absolute atomic E-state index is 0.154. The lowest BCUT2D eigenvalue weighted by atomic mass is 9.89. The van der Waals surface area contributed by atoms with Gasteiger partial charge in [0.15, 0.2) is 11.5 Å². The lowest BCUT2D eigenvalue weighted by Crippen LogP contribution is -2.36. The van der Waals surface area contributed by atoms with Crippen LogP contribution in [0.25, 0.3) is 0 Å². The molecule has 0 aliphatic carbocycles. The van der Waals surface area contributed by atoms with Crippen molar-refractivity contribution in [1.29, 1.82) is 0 Å². The van der Waals surface area contributed by atoms with E-state index in [0.29, 0.717) is 19.8 Å². The second-order valence-electron chi connectivity index (χ2n) is 4.71. The minimum Gasteiger partial charge on any atom is -0.490 e. The van der Waals surface area contributed by atoms with Crippen LogP contribution in [0.5, 0.6) is 11.5 Å². The summed E-state index contributed by atoms with van der Waals surface area (Å²) in [5.41, 5.74) is 7.35. The smallest absolute Gasteiger partial charge is 0.161 e. The Bertz CT molecular complexity index is 408. The van der Waals surface area contributed by atoms with Gasteiger partial charge in [-0.15, -0.1) is 0 Å². The van der Waals surface area contributed by atoms with Crippen LogP contribution in [0.1, 0.15) is 31.7 Å². The van der Waals surface area contributed by atoms with Gasteiger partial charge in [0.05, 0.1) is 19.8 Å². The Morgan fingerprint density at radius 2 is 1.95 bits per heavy atom. The van der Waals surface area contributed by atoms with Crippen molar-refractivity contribution in [3.63, 3.8) is 0 Å². The van der Waals surface area contributed by atoms with Crippen molar-refractivity contribution in [2.24, 2.45) is 5.73 Å². The topological polar surface area (TPSA) is 53.7 Å². The number of nitrogens with two attached hydrogens (primary N) is 1. The van der Waals surface area contributed by atoms with E-state index in [0.717, 1.165) is 24.5 Å². The zero-order chi connectivity index (χ0) is 13.7. The van der Waals surface area contributed by atoms with Crippen LogP contribution in [-0.4, -0.2) is 32.5 Å². The van der Waals surface area contributed by atoms with Crippen molar-refractivity contribution in [1.82, 2.24) is 0 Å². The summed E-state index contributed by atoms with van der Waals surface area (Å²) in [7, 11) is 0. The number of hydrogen-bond acceptors (Lipinski definition) is 4. The molecule has 2 N–H and O–H groups in total. The first kappa shape index (κ1) is 14.2. The molecule has 106 valence electrons. The predicted molar refractivity (Wildman–Crippen MR) is 74.9 cm³/mol. The molecule has 0 amide bonds. The van der Waals surface area contributed by atoms with Gasteiger partial charge < -0.3 is 19.9 Å². The van der Waals surface area contributed by atoms with Crippen molar-refractivity contribution < 1.29 is 14.2 Å². The quantitative estimate of drug-likeness (QED) is 0.887. The molecule has 4 nitrogen and oxygen atoms in total. The molecule has 0 radical (unpaired) electrons. The molecule has 1 heterocycles. The summed E-state index contributed by atoms with van der Waals surface area (Å²) in [6.45, 7) is 6.63. The molecule has 0 spiro atoms. The number of benzene rings is 1. The zero-order valence-corrected chi connectivity index (χ0v) is 11.7. The monoisotopic (exact) mass is 265 g/mol. The third-order valence-electron chi connectivity index (χ3n) is 3.41. The lowest BCUT2D eigenvalue weighted by molar-refractivity contribution is 0.0690. The molecule has 1 aromatic carbocycles. The average molecular weight is 265 g/mol. The SMILES string of the molecule is CCOc1ccc(C2COCCC2N)cc1OCC. The summed E-state index contributed by atoms with van der Waals surface area (Å²) in [5, 5.41) is 0.